The SMILES string of the molecule is CN(Cc1ccc(F)cc1C(=N)N)C(C)(C)CO. The number of halogens is 1. The van der Waals surface area contributed by atoms with Gasteiger partial charge >= 0.3 is 0 Å². The molecule has 1 aromatic carbocycles. The monoisotopic (exact) mass is 253 g/mol. The number of hydrogen-bond donors (Lipinski definition) is 3. The van der Waals surface area contributed by atoms with Gasteiger partial charge in [-0.15, -0.1) is 0 Å². The molecule has 4 nitrogen and oxygen atoms in total. The van der Waals surface area contributed by atoms with Gasteiger partial charge in [0.05, 0.1) is 6.61 Å². The maximum atomic E-state index is 13.1. The van der Waals surface area contributed by atoms with Crippen molar-refractivity contribution in [1.29, 1.82) is 5.41 Å². The van der Waals surface area contributed by atoms with Crippen LogP contribution in [0.15, 0.2) is 18.2 Å². The molecule has 0 amide bonds. The van der Waals surface area contributed by atoms with Crippen molar-refractivity contribution < 1.29 is 9.50 Å². The first-order valence-corrected chi connectivity index (χ1v) is 5.73. The van der Waals surface area contributed by atoms with Crippen molar-refractivity contribution in [3.63, 3.8) is 0 Å². The zero-order valence-corrected chi connectivity index (χ0v) is 11.0. The molecule has 0 atom stereocenters. The summed E-state index contributed by atoms with van der Waals surface area (Å²) < 4.78 is 13.1. The molecule has 0 aliphatic rings. The van der Waals surface area contributed by atoms with Crippen molar-refractivity contribution >= 4 is 5.84 Å². The summed E-state index contributed by atoms with van der Waals surface area (Å²) in [6, 6.07) is 4.23. The predicted molar refractivity (Wildman–Crippen MR) is 70.0 cm³/mol. The number of benzene rings is 1. The van der Waals surface area contributed by atoms with Gasteiger partial charge in [0.25, 0.3) is 0 Å². The Morgan fingerprint density at radius 2 is 2.11 bits per heavy atom. The first-order chi connectivity index (χ1) is 8.27. The summed E-state index contributed by atoms with van der Waals surface area (Å²) in [6.07, 6.45) is 0. The van der Waals surface area contributed by atoms with Crippen LogP contribution in [0, 0.1) is 11.2 Å². The van der Waals surface area contributed by atoms with E-state index in [1.54, 1.807) is 6.07 Å². The molecule has 100 valence electrons. The third-order valence-electron chi connectivity index (χ3n) is 3.19. The molecule has 5 heteroatoms. The average Bonchev–Trinajstić information content (AvgIpc) is 2.31. The summed E-state index contributed by atoms with van der Waals surface area (Å²) in [6.45, 7) is 4.32. The highest BCUT2D eigenvalue weighted by molar-refractivity contribution is 5.96. The number of likely N-dealkylation sites (N-methyl/N-ethyl adjacent to an activating group) is 1. The van der Waals surface area contributed by atoms with Crippen LogP contribution in [0.2, 0.25) is 0 Å². The summed E-state index contributed by atoms with van der Waals surface area (Å²) >= 11 is 0. The predicted octanol–water partition coefficient (Wildman–Crippen LogP) is 1.31. The topological polar surface area (TPSA) is 73.3 Å². The van der Waals surface area contributed by atoms with E-state index in [1.807, 2.05) is 25.8 Å². The minimum atomic E-state index is -0.409. The van der Waals surface area contributed by atoms with E-state index in [0.717, 1.165) is 5.56 Å². The summed E-state index contributed by atoms with van der Waals surface area (Å²) in [4.78, 5) is 1.94. The number of nitrogens with two attached hydrogens (primary N) is 1. The number of nitrogens with zero attached hydrogens (tertiary/aromatic N) is 1. The number of nitrogen functional groups attached to an aromatic ring is 1. The van der Waals surface area contributed by atoms with Crippen molar-refractivity contribution in [1.82, 2.24) is 4.90 Å². The van der Waals surface area contributed by atoms with E-state index in [1.165, 1.54) is 12.1 Å². The van der Waals surface area contributed by atoms with Gasteiger partial charge in [0.15, 0.2) is 0 Å². The Bertz CT molecular complexity index is 446. The van der Waals surface area contributed by atoms with Crippen LogP contribution in [0.25, 0.3) is 0 Å². The number of hydrogen-bond acceptors (Lipinski definition) is 3. The van der Waals surface area contributed by atoms with Gasteiger partial charge in [0, 0.05) is 17.6 Å². The van der Waals surface area contributed by atoms with E-state index in [9.17, 15) is 9.50 Å². The number of aliphatic hydroxyl groups excluding tert-OH is 1. The van der Waals surface area contributed by atoms with E-state index < -0.39 is 5.82 Å². The van der Waals surface area contributed by atoms with Crippen molar-refractivity contribution in [2.45, 2.75) is 25.9 Å². The van der Waals surface area contributed by atoms with Gasteiger partial charge in [-0.2, -0.15) is 0 Å². The molecule has 0 radical (unpaired) electrons. The summed E-state index contributed by atoms with van der Waals surface area (Å²) in [5.74, 6) is -0.562. The Morgan fingerprint density at radius 1 is 1.50 bits per heavy atom. The molecule has 0 bridgehead atoms. The zero-order valence-electron chi connectivity index (χ0n) is 11.0. The first-order valence-electron chi connectivity index (χ1n) is 5.73. The van der Waals surface area contributed by atoms with E-state index in [2.05, 4.69) is 0 Å². The molecule has 1 rings (SSSR count). The molecule has 0 saturated heterocycles. The molecule has 1 aromatic rings. The second kappa shape index (κ2) is 5.46. The standard InChI is InChI=1S/C13H20FN3O/c1-13(2,8-18)17(3)7-9-4-5-10(14)6-11(9)12(15)16/h4-6,18H,7-8H2,1-3H3,(H3,15,16). The molecule has 0 spiro atoms. The molecule has 0 heterocycles. The average molecular weight is 253 g/mol. The highest BCUT2D eigenvalue weighted by Gasteiger charge is 2.23. The lowest BCUT2D eigenvalue weighted by molar-refractivity contribution is 0.0733. The molecule has 0 aliphatic carbocycles. The van der Waals surface area contributed by atoms with Gasteiger partial charge in [-0.3, -0.25) is 10.3 Å². The molecule has 0 aliphatic heterocycles. The van der Waals surface area contributed by atoms with Crippen molar-refractivity contribution in [2.75, 3.05) is 13.7 Å². The molecular weight excluding hydrogens is 233 g/mol. The molecule has 0 saturated carbocycles. The largest absolute Gasteiger partial charge is 0.394 e. The lowest BCUT2D eigenvalue weighted by Crippen LogP contribution is -2.43. The Hall–Kier alpha value is -1.46. The Labute approximate surface area is 107 Å². The van der Waals surface area contributed by atoms with Crippen LogP contribution in [-0.2, 0) is 6.54 Å². The maximum absolute atomic E-state index is 13.1. The number of aliphatic hydroxyl groups is 1. The van der Waals surface area contributed by atoms with Gasteiger partial charge in [0.2, 0.25) is 0 Å². The van der Waals surface area contributed by atoms with Crippen LogP contribution >= 0.6 is 0 Å². The lowest BCUT2D eigenvalue weighted by atomic mass is 10.0. The van der Waals surface area contributed by atoms with E-state index in [-0.39, 0.29) is 18.0 Å². The summed E-state index contributed by atoms with van der Waals surface area (Å²) in [5.41, 5.74) is 6.23. The number of nitrogens with one attached hydrogen (secondary N) is 1. The van der Waals surface area contributed by atoms with Gasteiger partial charge < -0.3 is 10.8 Å². The fourth-order valence-corrected chi connectivity index (χ4v) is 1.53. The minimum absolute atomic E-state index is 0.0140. The smallest absolute Gasteiger partial charge is 0.123 e. The van der Waals surface area contributed by atoms with Crippen LogP contribution in [0.4, 0.5) is 4.39 Å². The molecular formula is C13H20FN3O. The van der Waals surface area contributed by atoms with E-state index in [4.69, 9.17) is 11.1 Å². The van der Waals surface area contributed by atoms with Crippen LogP contribution in [0.1, 0.15) is 25.0 Å². The van der Waals surface area contributed by atoms with Gasteiger partial charge in [0.1, 0.15) is 11.7 Å². The van der Waals surface area contributed by atoms with Gasteiger partial charge in [-0.1, -0.05) is 6.07 Å². The van der Waals surface area contributed by atoms with E-state index >= 15 is 0 Å². The van der Waals surface area contributed by atoms with Crippen LogP contribution in [0.3, 0.4) is 0 Å². The number of rotatable bonds is 5. The first kappa shape index (κ1) is 14.6. The second-order valence-corrected chi connectivity index (χ2v) is 5.04. The minimum Gasteiger partial charge on any atom is -0.394 e. The highest BCUT2D eigenvalue weighted by atomic mass is 19.1. The van der Waals surface area contributed by atoms with Gasteiger partial charge in [-0.25, -0.2) is 4.39 Å². The van der Waals surface area contributed by atoms with Crippen LogP contribution in [-0.4, -0.2) is 35.0 Å². The molecule has 0 aromatic heterocycles. The van der Waals surface area contributed by atoms with Crippen molar-refractivity contribution in [3.05, 3.63) is 35.1 Å². The maximum Gasteiger partial charge on any atom is 0.123 e. The molecule has 18 heavy (non-hydrogen) atoms. The Kier molecular flexibility index (Phi) is 4.43. The molecule has 0 unspecified atom stereocenters. The highest BCUT2D eigenvalue weighted by Crippen LogP contribution is 2.18. The second-order valence-electron chi connectivity index (χ2n) is 5.04. The third kappa shape index (κ3) is 3.27. The van der Waals surface area contributed by atoms with Crippen LogP contribution < -0.4 is 5.73 Å². The fourth-order valence-electron chi connectivity index (χ4n) is 1.53. The third-order valence-corrected chi connectivity index (χ3v) is 3.19. The quantitative estimate of drug-likeness (QED) is 0.547. The normalized spacial score (nSPS) is 11.9. The van der Waals surface area contributed by atoms with Crippen molar-refractivity contribution in [3.8, 4) is 0 Å². The number of amidine groups is 1. The lowest BCUT2D eigenvalue weighted by Gasteiger charge is -2.34. The van der Waals surface area contributed by atoms with Gasteiger partial charge in [-0.05, 0) is 38.6 Å². The Morgan fingerprint density at radius 3 is 2.61 bits per heavy atom. The molecule has 0 fully saturated rings. The van der Waals surface area contributed by atoms with Crippen LogP contribution in [0.5, 0.6) is 0 Å². The Balaban J connectivity index is 3.01. The summed E-state index contributed by atoms with van der Waals surface area (Å²) in [7, 11) is 1.86. The zero-order chi connectivity index (χ0) is 13.9. The van der Waals surface area contributed by atoms with E-state index in [0.29, 0.717) is 12.1 Å². The molecule has 4 N–H and O–H groups in total. The fraction of sp³-hybridized carbons (Fsp3) is 0.462. The summed E-state index contributed by atoms with van der Waals surface area (Å²) in [5, 5.41) is 16.8. The van der Waals surface area contributed by atoms with Crippen molar-refractivity contribution in [2.24, 2.45) is 5.73 Å².